The maximum absolute atomic E-state index is 12.4. The zero-order valence-electron chi connectivity index (χ0n) is 13.9. The van der Waals surface area contributed by atoms with Gasteiger partial charge in [0.05, 0.1) is 19.6 Å². The molecule has 1 aromatic rings. The van der Waals surface area contributed by atoms with E-state index in [2.05, 4.69) is 25.1 Å². The highest BCUT2D eigenvalue weighted by Crippen LogP contribution is 2.50. The molecule has 0 saturated heterocycles. The minimum atomic E-state index is -0.316. The summed E-state index contributed by atoms with van der Waals surface area (Å²) in [6.07, 6.45) is 6.48. The first kappa shape index (κ1) is 15.4. The number of esters is 1. The lowest BCUT2D eigenvalue weighted by Gasteiger charge is -2.43. The summed E-state index contributed by atoms with van der Waals surface area (Å²) in [7, 11) is 3.24. The molecule has 3 nitrogen and oxygen atoms in total. The number of benzene rings is 1. The molecule has 3 atom stereocenters. The molecule has 2 aliphatic rings. The number of aryl methyl sites for hydroxylation is 1. The summed E-state index contributed by atoms with van der Waals surface area (Å²) >= 11 is 0. The van der Waals surface area contributed by atoms with E-state index in [1.807, 2.05) is 0 Å². The Morgan fingerprint density at radius 1 is 1.23 bits per heavy atom. The van der Waals surface area contributed by atoms with Crippen LogP contribution in [0, 0.1) is 17.3 Å². The van der Waals surface area contributed by atoms with Crippen LogP contribution in [0.3, 0.4) is 0 Å². The smallest absolute Gasteiger partial charge is 0.311 e. The van der Waals surface area contributed by atoms with Gasteiger partial charge < -0.3 is 9.47 Å². The molecule has 0 spiro atoms. The molecule has 0 heterocycles. The van der Waals surface area contributed by atoms with Crippen molar-refractivity contribution in [2.75, 3.05) is 14.2 Å². The third-order valence-corrected chi connectivity index (χ3v) is 5.93. The molecule has 2 aliphatic carbocycles. The quantitative estimate of drug-likeness (QED) is 0.780. The maximum atomic E-state index is 12.4. The molecule has 1 fully saturated rings. The zero-order valence-corrected chi connectivity index (χ0v) is 13.9. The number of hydrogen-bond acceptors (Lipinski definition) is 3. The fraction of sp³-hybridized carbons (Fsp3) is 0.632. The van der Waals surface area contributed by atoms with Gasteiger partial charge in [0.2, 0.25) is 0 Å². The summed E-state index contributed by atoms with van der Waals surface area (Å²) in [4.78, 5) is 12.4. The summed E-state index contributed by atoms with van der Waals surface area (Å²) in [6, 6.07) is 6.43. The van der Waals surface area contributed by atoms with Crippen molar-refractivity contribution in [1.82, 2.24) is 0 Å². The molecule has 120 valence electrons. The van der Waals surface area contributed by atoms with Crippen LogP contribution in [0.15, 0.2) is 18.2 Å². The predicted octanol–water partition coefficient (Wildman–Crippen LogP) is 3.78. The third kappa shape index (κ3) is 2.51. The van der Waals surface area contributed by atoms with Gasteiger partial charge in [-0.2, -0.15) is 0 Å². The first-order valence-electron chi connectivity index (χ1n) is 8.32. The molecule has 0 unspecified atom stereocenters. The summed E-state index contributed by atoms with van der Waals surface area (Å²) < 4.78 is 10.5. The van der Waals surface area contributed by atoms with E-state index in [0.29, 0.717) is 11.8 Å². The normalized spacial score (nSPS) is 30.7. The van der Waals surface area contributed by atoms with Crippen molar-refractivity contribution in [3.05, 3.63) is 29.3 Å². The van der Waals surface area contributed by atoms with Crippen LogP contribution in [-0.4, -0.2) is 20.2 Å². The number of rotatable bonds is 2. The molecule has 0 N–H and O–H groups in total. The van der Waals surface area contributed by atoms with Crippen molar-refractivity contribution in [3.63, 3.8) is 0 Å². The zero-order chi connectivity index (χ0) is 15.7. The lowest BCUT2D eigenvalue weighted by atomic mass is 9.60. The Morgan fingerprint density at radius 2 is 2.05 bits per heavy atom. The largest absolute Gasteiger partial charge is 0.497 e. The first-order valence-corrected chi connectivity index (χ1v) is 8.32. The molecule has 0 aromatic heterocycles. The van der Waals surface area contributed by atoms with Crippen molar-refractivity contribution in [2.24, 2.45) is 17.3 Å². The molecule has 0 aliphatic heterocycles. The standard InChI is InChI=1S/C19H26O3/c1-19(18(20)22-3)10-4-5-15-11-13-6-8-16(21-2)12-14(13)7-9-17(15)19/h6,8,12,15,17H,4-5,7,9-11H2,1-3H3/t15-,17-,19-/m0/s1. The Labute approximate surface area is 133 Å². The van der Waals surface area contributed by atoms with Gasteiger partial charge in [-0.05, 0) is 74.1 Å². The molecule has 1 saturated carbocycles. The molecule has 1 aromatic carbocycles. The average Bonchev–Trinajstić information content (AvgIpc) is 2.73. The molecule has 3 rings (SSSR count). The number of carbonyl (C=O) groups is 1. The van der Waals surface area contributed by atoms with E-state index in [1.165, 1.54) is 24.7 Å². The highest BCUT2D eigenvalue weighted by molar-refractivity contribution is 5.77. The Bertz CT molecular complexity index is 566. The molecule has 22 heavy (non-hydrogen) atoms. The Hall–Kier alpha value is -1.51. The van der Waals surface area contributed by atoms with E-state index in [4.69, 9.17) is 9.47 Å². The van der Waals surface area contributed by atoms with Crippen LogP contribution in [0.25, 0.3) is 0 Å². The number of hydrogen-bond donors (Lipinski definition) is 0. The second kappa shape index (κ2) is 5.94. The first-order chi connectivity index (χ1) is 10.6. The summed E-state index contributed by atoms with van der Waals surface area (Å²) in [6.45, 7) is 2.12. The third-order valence-electron chi connectivity index (χ3n) is 5.93. The highest BCUT2D eigenvalue weighted by atomic mass is 16.5. The van der Waals surface area contributed by atoms with Crippen molar-refractivity contribution >= 4 is 5.97 Å². The Balaban J connectivity index is 1.91. The van der Waals surface area contributed by atoms with Crippen molar-refractivity contribution in [3.8, 4) is 5.75 Å². The van der Waals surface area contributed by atoms with E-state index in [-0.39, 0.29) is 11.4 Å². The van der Waals surface area contributed by atoms with Crippen LogP contribution in [0.5, 0.6) is 5.75 Å². The lowest BCUT2D eigenvalue weighted by molar-refractivity contribution is -0.160. The van der Waals surface area contributed by atoms with Gasteiger partial charge >= 0.3 is 5.97 Å². The summed E-state index contributed by atoms with van der Waals surface area (Å²) in [5.74, 6) is 1.92. The molecule has 0 amide bonds. The molecule has 0 radical (unpaired) electrons. The SMILES string of the molecule is COC(=O)[C@@]1(C)CCC[C@H]2Cc3ccc(OC)cc3CC[C@@H]21. The Morgan fingerprint density at radius 3 is 2.77 bits per heavy atom. The Kier molecular flexibility index (Phi) is 4.16. The van der Waals surface area contributed by atoms with Crippen molar-refractivity contribution < 1.29 is 14.3 Å². The average molecular weight is 302 g/mol. The van der Waals surface area contributed by atoms with Crippen molar-refractivity contribution in [2.45, 2.75) is 45.4 Å². The van der Waals surface area contributed by atoms with Gasteiger partial charge in [-0.1, -0.05) is 12.5 Å². The van der Waals surface area contributed by atoms with E-state index < -0.39 is 0 Å². The van der Waals surface area contributed by atoms with Gasteiger partial charge in [0, 0.05) is 0 Å². The summed E-state index contributed by atoms with van der Waals surface area (Å²) in [5.41, 5.74) is 2.51. The van der Waals surface area contributed by atoms with Gasteiger partial charge in [-0.3, -0.25) is 4.79 Å². The predicted molar refractivity (Wildman–Crippen MR) is 86.0 cm³/mol. The van der Waals surface area contributed by atoms with Gasteiger partial charge in [0.25, 0.3) is 0 Å². The minimum Gasteiger partial charge on any atom is -0.497 e. The van der Waals surface area contributed by atoms with Crippen LogP contribution < -0.4 is 4.74 Å². The monoisotopic (exact) mass is 302 g/mol. The van der Waals surface area contributed by atoms with Gasteiger partial charge in [-0.15, -0.1) is 0 Å². The molecule has 0 bridgehead atoms. The number of fused-ring (bicyclic) bond motifs is 2. The van der Waals surface area contributed by atoms with E-state index >= 15 is 0 Å². The van der Waals surface area contributed by atoms with Gasteiger partial charge in [0.1, 0.15) is 5.75 Å². The van der Waals surface area contributed by atoms with E-state index in [1.54, 1.807) is 7.11 Å². The van der Waals surface area contributed by atoms with Gasteiger partial charge in [-0.25, -0.2) is 0 Å². The van der Waals surface area contributed by atoms with Crippen LogP contribution >= 0.6 is 0 Å². The highest BCUT2D eigenvalue weighted by Gasteiger charge is 2.48. The van der Waals surface area contributed by atoms with Gasteiger partial charge in [0.15, 0.2) is 0 Å². The lowest BCUT2D eigenvalue weighted by Crippen LogP contribution is -2.44. The van der Waals surface area contributed by atoms with E-state index in [0.717, 1.165) is 37.9 Å². The number of carbonyl (C=O) groups excluding carboxylic acids is 1. The van der Waals surface area contributed by atoms with Crippen LogP contribution in [0.1, 0.15) is 43.7 Å². The minimum absolute atomic E-state index is 0.0225. The van der Waals surface area contributed by atoms with Crippen molar-refractivity contribution in [1.29, 1.82) is 0 Å². The molecule has 3 heteroatoms. The number of ether oxygens (including phenoxy) is 2. The molecular weight excluding hydrogens is 276 g/mol. The fourth-order valence-corrected chi connectivity index (χ4v) is 4.68. The second-order valence-corrected chi connectivity index (χ2v) is 7.05. The van der Waals surface area contributed by atoms with Crippen LogP contribution in [0.2, 0.25) is 0 Å². The fourth-order valence-electron chi connectivity index (χ4n) is 4.68. The molecular formula is C19H26O3. The second-order valence-electron chi connectivity index (χ2n) is 7.05. The van der Waals surface area contributed by atoms with Crippen LogP contribution in [0.4, 0.5) is 0 Å². The summed E-state index contributed by atoms with van der Waals surface area (Å²) in [5, 5.41) is 0. The van der Waals surface area contributed by atoms with Crippen LogP contribution in [-0.2, 0) is 22.4 Å². The number of methoxy groups -OCH3 is 2. The topological polar surface area (TPSA) is 35.5 Å². The maximum Gasteiger partial charge on any atom is 0.311 e. The van der Waals surface area contributed by atoms with E-state index in [9.17, 15) is 4.79 Å².